The quantitative estimate of drug-likeness (QED) is 0.581. The molecule has 1 aromatic rings. The molecule has 1 aromatic carbocycles. The van der Waals surface area contributed by atoms with Gasteiger partial charge in [-0.2, -0.15) is 5.26 Å². The average molecular weight is 293 g/mol. The standard InChI is InChI=1S/C14H19N3O4/c1-11(18)12-4-5-13(14(10-12)17(19)20)16(7-3-6-15)8-9-21-2/h4-5,10-11,18H,3,7-9H2,1-2H3/t11-/m1/s1. The first-order valence-corrected chi connectivity index (χ1v) is 6.58. The van der Waals surface area contributed by atoms with Gasteiger partial charge in [-0.1, -0.05) is 6.07 Å². The topological polar surface area (TPSA) is 99.6 Å². The van der Waals surface area contributed by atoms with Crippen molar-refractivity contribution < 1.29 is 14.8 Å². The Labute approximate surface area is 123 Å². The molecule has 0 unspecified atom stereocenters. The summed E-state index contributed by atoms with van der Waals surface area (Å²) in [7, 11) is 1.55. The van der Waals surface area contributed by atoms with E-state index in [1.165, 1.54) is 6.07 Å². The Hall–Kier alpha value is -2.17. The third kappa shape index (κ3) is 4.70. The van der Waals surface area contributed by atoms with Crippen LogP contribution in [0.25, 0.3) is 0 Å². The fourth-order valence-corrected chi connectivity index (χ4v) is 1.95. The van der Waals surface area contributed by atoms with E-state index in [4.69, 9.17) is 10.00 Å². The number of rotatable bonds is 8. The Morgan fingerprint density at radius 3 is 2.76 bits per heavy atom. The normalized spacial score (nSPS) is 11.7. The van der Waals surface area contributed by atoms with Crippen molar-refractivity contribution in [3.63, 3.8) is 0 Å². The second kappa shape index (κ2) is 8.19. The number of nitro groups is 1. The number of aliphatic hydroxyl groups excluding tert-OH is 1. The van der Waals surface area contributed by atoms with Gasteiger partial charge in [0.05, 0.1) is 30.1 Å². The van der Waals surface area contributed by atoms with E-state index in [-0.39, 0.29) is 12.1 Å². The molecule has 0 saturated carbocycles. The number of benzene rings is 1. The molecular formula is C14H19N3O4. The third-order valence-electron chi connectivity index (χ3n) is 3.08. The van der Waals surface area contributed by atoms with Gasteiger partial charge in [0.1, 0.15) is 5.69 Å². The minimum Gasteiger partial charge on any atom is -0.389 e. The zero-order valence-electron chi connectivity index (χ0n) is 12.2. The van der Waals surface area contributed by atoms with Crippen LogP contribution in [-0.4, -0.2) is 36.8 Å². The van der Waals surface area contributed by atoms with Crippen LogP contribution >= 0.6 is 0 Å². The molecular weight excluding hydrogens is 274 g/mol. The van der Waals surface area contributed by atoms with Gasteiger partial charge in [-0.25, -0.2) is 0 Å². The predicted molar refractivity (Wildman–Crippen MR) is 78.0 cm³/mol. The zero-order chi connectivity index (χ0) is 15.8. The van der Waals surface area contributed by atoms with Gasteiger partial charge in [0.25, 0.3) is 5.69 Å². The van der Waals surface area contributed by atoms with Gasteiger partial charge in [-0.15, -0.1) is 0 Å². The number of hydrogen-bond donors (Lipinski definition) is 1. The van der Waals surface area contributed by atoms with E-state index in [0.717, 1.165) is 0 Å². The first-order chi connectivity index (χ1) is 10.0. The molecule has 0 amide bonds. The molecule has 0 aliphatic heterocycles. The van der Waals surface area contributed by atoms with Crippen LogP contribution in [0.4, 0.5) is 11.4 Å². The van der Waals surface area contributed by atoms with Crippen LogP contribution < -0.4 is 4.90 Å². The summed E-state index contributed by atoms with van der Waals surface area (Å²) in [4.78, 5) is 12.5. The second-order valence-electron chi connectivity index (χ2n) is 4.57. The van der Waals surface area contributed by atoms with Gasteiger partial charge in [0.15, 0.2) is 0 Å². The molecule has 114 valence electrons. The number of nitrogens with zero attached hydrogens (tertiary/aromatic N) is 3. The van der Waals surface area contributed by atoms with Crippen LogP contribution in [0.5, 0.6) is 0 Å². The van der Waals surface area contributed by atoms with E-state index in [1.54, 1.807) is 31.1 Å². The van der Waals surface area contributed by atoms with E-state index in [1.807, 2.05) is 6.07 Å². The molecule has 0 aromatic heterocycles. The van der Waals surface area contributed by atoms with Gasteiger partial charge in [-0.05, 0) is 18.6 Å². The summed E-state index contributed by atoms with van der Waals surface area (Å²) in [6.07, 6.45) is -0.511. The van der Waals surface area contributed by atoms with E-state index < -0.39 is 11.0 Å². The minimum atomic E-state index is -0.774. The van der Waals surface area contributed by atoms with E-state index in [2.05, 4.69) is 0 Å². The number of methoxy groups -OCH3 is 1. The Morgan fingerprint density at radius 1 is 1.52 bits per heavy atom. The summed E-state index contributed by atoms with van der Waals surface area (Å²) < 4.78 is 5.00. The van der Waals surface area contributed by atoms with Crippen molar-refractivity contribution in [2.24, 2.45) is 0 Å². The maximum Gasteiger partial charge on any atom is 0.292 e. The summed E-state index contributed by atoms with van der Waals surface area (Å²) in [6, 6.07) is 6.65. The van der Waals surface area contributed by atoms with Crippen LogP contribution in [0.1, 0.15) is 25.0 Å². The second-order valence-corrected chi connectivity index (χ2v) is 4.57. The number of nitro benzene ring substituents is 1. The molecule has 21 heavy (non-hydrogen) atoms. The molecule has 0 radical (unpaired) electrons. The zero-order valence-corrected chi connectivity index (χ0v) is 12.2. The lowest BCUT2D eigenvalue weighted by Crippen LogP contribution is -2.28. The summed E-state index contributed by atoms with van der Waals surface area (Å²) in [5.74, 6) is 0. The fraction of sp³-hybridized carbons (Fsp3) is 0.500. The van der Waals surface area contributed by atoms with Crippen molar-refractivity contribution in [3.05, 3.63) is 33.9 Å². The van der Waals surface area contributed by atoms with Crippen LogP contribution in [0, 0.1) is 21.4 Å². The lowest BCUT2D eigenvalue weighted by molar-refractivity contribution is -0.384. The first kappa shape index (κ1) is 16.9. The number of anilines is 1. The molecule has 7 heteroatoms. The molecule has 1 rings (SSSR count). The SMILES string of the molecule is COCCN(CCC#N)c1ccc([C@@H](C)O)cc1[N+](=O)[O-]. The minimum absolute atomic E-state index is 0.0811. The first-order valence-electron chi connectivity index (χ1n) is 6.58. The highest BCUT2D eigenvalue weighted by atomic mass is 16.6. The van der Waals surface area contributed by atoms with Crippen molar-refractivity contribution in [1.29, 1.82) is 5.26 Å². The molecule has 1 N–H and O–H groups in total. The van der Waals surface area contributed by atoms with Crippen molar-refractivity contribution in [2.45, 2.75) is 19.4 Å². The monoisotopic (exact) mass is 293 g/mol. The highest BCUT2D eigenvalue weighted by molar-refractivity contribution is 5.64. The predicted octanol–water partition coefficient (Wildman–Crippen LogP) is 2.01. The Morgan fingerprint density at radius 2 is 2.24 bits per heavy atom. The molecule has 0 fully saturated rings. The van der Waals surface area contributed by atoms with Gasteiger partial charge in [0, 0.05) is 26.3 Å². The van der Waals surface area contributed by atoms with E-state index >= 15 is 0 Å². The van der Waals surface area contributed by atoms with Crippen molar-refractivity contribution in [2.75, 3.05) is 31.7 Å². The fourth-order valence-electron chi connectivity index (χ4n) is 1.95. The van der Waals surface area contributed by atoms with Gasteiger partial charge in [0.2, 0.25) is 0 Å². The summed E-state index contributed by atoms with van der Waals surface area (Å²) in [5.41, 5.74) is 0.830. The number of hydrogen-bond acceptors (Lipinski definition) is 6. The van der Waals surface area contributed by atoms with Crippen LogP contribution in [-0.2, 0) is 4.74 Å². The van der Waals surface area contributed by atoms with Gasteiger partial charge < -0.3 is 14.7 Å². The molecule has 0 saturated heterocycles. The van der Waals surface area contributed by atoms with Crippen LogP contribution in [0.15, 0.2) is 18.2 Å². The molecule has 7 nitrogen and oxygen atoms in total. The van der Waals surface area contributed by atoms with Crippen LogP contribution in [0.3, 0.4) is 0 Å². The van der Waals surface area contributed by atoms with Crippen molar-refractivity contribution in [3.8, 4) is 6.07 Å². The lowest BCUT2D eigenvalue weighted by atomic mass is 10.1. The number of nitriles is 1. The summed E-state index contributed by atoms with van der Waals surface area (Å²) >= 11 is 0. The smallest absolute Gasteiger partial charge is 0.292 e. The Bertz CT molecular complexity index is 525. The Balaban J connectivity index is 3.16. The van der Waals surface area contributed by atoms with Crippen molar-refractivity contribution in [1.82, 2.24) is 0 Å². The highest BCUT2D eigenvalue weighted by Gasteiger charge is 2.21. The summed E-state index contributed by atoms with van der Waals surface area (Å²) in [6.45, 7) is 2.79. The summed E-state index contributed by atoms with van der Waals surface area (Å²) in [5, 5.41) is 29.5. The molecule has 0 heterocycles. The molecule has 1 atom stereocenters. The number of ether oxygens (including phenoxy) is 1. The molecule has 0 aliphatic rings. The van der Waals surface area contributed by atoms with E-state index in [9.17, 15) is 15.2 Å². The van der Waals surface area contributed by atoms with E-state index in [0.29, 0.717) is 30.9 Å². The Kier molecular flexibility index (Phi) is 6.59. The van der Waals surface area contributed by atoms with Gasteiger partial charge >= 0.3 is 0 Å². The average Bonchev–Trinajstić information content (AvgIpc) is 2.46. The molecule has 0 spiro atoms. The molecule has 0 aliphatic carbocycles. The third-order valence-corrected chi connectivity index (χ3v) is 3.08. The van der Waals surface area contributed by atoms with Crippen LogP contribution in [0.2, 0.25) is 0 Å². The van der Waals surface area contributed by atoms with Crippen molar-refractivity contribution >= 4 is 11.4 Å². The lowest BCUT2D eigenvalue weighted by Gasteiger charge is -2.23. The maximum atomic E-state index is 11.2. The number of aliphatic hydroxyl groups is 1. The molecule has 0 bridgehead atoms. The largest absolute Gasteiger partial charge is 0.389 e. The maximum absolute atomic E-state index is 11.2. The van der Waals surface area contributed by atoms with Gasteiger partial charge in [-0.3, -0.25) is 10.1 Å². The highest BCUT2D eigenvalue weighted by Crippen LogP contribution is 2.31.